The van der Waals surface area contributed by atoms with Crippen LogP contribution < -0.4 is 0 Å². The summed E-state index contributed by atoms with van der Waals surface area (Å²) in [4.78, 5) is 2.25. The molecule has 0 atom stereocenters. The van der Waals surface area contributed by atoms with Crippen molar-refractivity contribution >= 4 is 57.4 Å². The lowest BCUT2D eigenvalue weighted by molar-refractivity contribution is 1.33. The van der Waals surface area contributed by atoms with E-state index in [1.807, 2.05) is 17.5 Å². The largest absolute Gasteiger partial charge is 0.142 e. The number of fused-ring (bicyclic) bond motifs is 1. The Morgan fingerprint density at radius 2 is 2.23 bits per heavy atom. The van der Waals surface area contributed by atoms with Gasteiger partial charge in [0.05, 0.1) is 9.72 Å². The van der Waals surface area contributed by atoms with Gasteiger partial charge in [-0.05, 0) is 12.3 Å². The summed E-state index contributed by atoms with van der Waals surface area (Å²) in [5.74, 6) is 0. The van der Waals surface area contributed by atoms with Crippen LogP contribution in [0.5, 0.6) is 0 Å². The van der Waals surface area contributed by atoms with Crippen molar-refractivity contribution in [1.82, 2.24) is 0 Å². The molecule has 0 radical (unpaired) electrons. The van der Waals surface area contributed by atoms with E-state index in [2.05, 4.69) is 18.9 Å². The molecule has 13 heavy (non-hydrogen) atoms. The van der Waals surface area contributed by atoms with Crippen LogP contribution in [0.2, 0.25) is 5.02 Å². The summed E-state index contributed by atoms with van der Waals surface area (Å²) < 4.78 is 1.24. The van der Waals surface area contributed by atoms with Gasteiger partial charge in [-0.1, -0.05) is 17.7 Å². The molecule has 1 aromatic carbocycles. The summed E-state index contributed by atoms with van der Waals surface area (Å²) in [6.07, 6.45) is 2.06. The van der Waals surface area contributed by atoms with Gasteiger partial charge in [0, 0.05) is 20.6 Å². The summed E-state index contributed by atoms with van der Waals surface area (Å²) in [7, 11) is 0. The van der Waals surface area contributed by atoms with E-state index in [1.165, 1.54) is 9.60 Å². The normalized spacial score (nSPS) is 11.0. The maximum Gasteiger partial charge on any atom is 0.0592 e. The zero-order chi connectivity index (χ0) is 9.42. The van der Waals surface area contributed by atoms with Crippen molar-refractivity contribution in [2.24, 2.45) is 0 Å². The van der Waals surface area contributed by atoms with Crippen molar-refractivity contribution in [3.63, 3.8) is 0 Å². The molecule has 0 amide bonds. The second-order valence-corrected chi connectivity index (χ2v) is 5.16. The molecule has 0 aliphatic carbocycles. The molecule has 0 saturated heterocycles. The SMILES string of the molecule is CSc1c(S)ccc2c(Cl)csc12. The van der Waals surface area contributed by atoms with Crippen molar-refractivity contribution in [1.29, 1.82) is 0 Å². The van der Waals surface area contributed by atoms with Gasteiger partial charge in [-0.3, -0.25) is 0 Å². The van der Waals surface area contributed by atoms with Gasteiger partial charge in [-0.25, -0.2) is 0 Å². The van der Waals surface area contributed by atoms with Crippen LogP contribution in [0, 0.1) is 0 Å². The highest BCUT2D eigenvalue weighted by atomic mass is 35.5. The van der Waals surface area contributed by atoms with Crippen LogP contribution in [0.25, 0.3) is 10.1 Å². The highest BCUT2D eigenvalue weighted by Crippen LogP contribution is 2.39. The number of hydrogen-bond acceptors (Lipinski definition) is 3. The van der Waals surface area contributed by atoms with Crippen LogP contribution in [0.15, 0.2) is 27.3 Å². The topological polar surface area (TPSA) is 0 Å². The summed E-state index contributed by atoms with van der Waals surface area (Å²) in [5.41, 5.74) is 0. The molecule has 0 bridgehead atoms. The molecule has 0 saturated carbocycles. The predicted octanol–water partition coefficient (Wildman–Crippen LogP) is 4.57. The van der Waals surface area contributed by atoms with Crippen molar-refractivity contribution in [2.45, 2.75) is 9.79 Å². The van der Waals surface area contributed by atoms with Crippen molar-refractivity contribution in [2.75, 3.05) is 6.26 Å². The van der Waals surface area contributed by atoms with Crippen LogP contribution in [0.3, 0.4) is 0 Å². The van der Waals surface area contributed by atoms with E-state index in [0.717, 1.165) is 15.3 Å². The van der Waals surface area contributed by atoms with E-state index in [9.17, 15) is 0 Å². The fraction of sp³-hybridized carbons (Fsp3) is 0.111. The van der Waals surface area contributed by atoms with Crippen LogP contribution >= 0.6 is 47.3 Å². The molecule has 4 heteroatoms. The first kappa shape index (κ1) is 9.71. The molecule has 1 heterocycles. The molecule has 0 unspecified atom stereocenters. The minimum atomic E-state index is 0.837. The predicted molar refractivity (Wildman–Crippen MR) is 65.9 cm³/mol. The van der Waals surface area contributed by atoms with E-state index in [0.29, 0.717) is 0 Å². The fourth-order valence-electron chi connectivity index (χ4n) is 1.23. The number of thiophene rings is 1. The number of thioether (sulfide) groups is 1. The van der Waals surface area contributed by atoms with Crippen molar-refractivity contribution in [3.8, 4) is 0 Å². The fourth-order valence-corrected chi connectivity index (χ4v) is 3.95. The monoisotopic (exact) mass is 246 g/mol. The van der Waals surface area contributed by atoms with Crippen molar-refractivity contribution < 1.29 is 0 Å². The molecule has 68 valence electrons. The first-order chi connectivity index (χ1) is 6.24. The standard InChI is InChI=1S/C9H7ClS3/c1-12-9-7(11)3-2-5-6(10)4-13-8(5)9/h2-4,11H,1H3. The Bertz CT molecular complexity index is 447. The van der Waals surface area contributed by atoms with Gasteiger partial charge in [0.15, 0.2) is 0 Å². The Morgan fingerprint density at radius 1 is 1.46 bits per heavy atom. The molecule has 2 aromatic rings. The lowest BCUT2D eigenvalue weighted by atomic mass is 10.3. The Labute approximate surface area is 95.7 Å². The van der Waals surface area contributed by atoms with Gasteiger partial charge in [0.1, 0.15) is 0 Å². The molecular weight excluding hydrogens is 240 g/mol. The zero-order valence-corrected chi connectivity index (χ0v) is 10.2. The minimum absolute atomic E-state index is 0.837. The molecule has 0 spiro atoms. The lowest BCUT2D eigenvalue weighted by Gasteiger charge is -2.02. The first-order valence-corrected chi connectivity index (χ1v) is 6.59. The van der Waals surface area contributed by atoms with E-state index in [4.69, 9.17) is 11.6 Å². The summed E-state index contributed by atoms with van der Waals surface area (Å²) in [6, 6.07) is 4.02. The number of thiol groups is 1. The third-order valence-electron chi connectivity index (χ3n) is 1.83. The molecular formula is C9H7ClS3. The third-order valence-corrected chi connectivity index (χ3v) is 4.77. The number of rotatable bonds is 1. The Balaban J connectivity index is 2.85. The smallest absolute Gasteiger partial charge is 0.0592 e. The molecule has 0 aliphatic rings. The lowest BCUT2D eigenvalue weighted by Crippen LogP contribution is -1.74. The van der Waals surface area contributed by atoms with E-state index < -0.39 is 0 Å². The van der Waals surface area contributed by atoms with Crippen LogP contribution in [-0.4, -0.2) is 6.26 Å². The third kappa shape index (κ3) is 1.59. The van der Waals surface area contributed by atoms with E-state index in [-0.39, 0.29) is 0 Å². The van der Waals surface area contributed by atoms with Crippen molar-refractivity contribution in [3.05, 3.63) is 22.5 Å². The van der Waals surface area contributed by atoms with Gasteiger partial charge in [0.25, 0.3) is 0 Å². The van der Waals surface area contributed by atoms with Gasteiger partial charge in [0.2, 0.25) is 0 Å². The average Bonchev–Trinajstić information content (AvgIpc) is 2.48. The molecule has 1 aromatic heterocycles. The van der Waals surface area contributed by atoms with Gasteiger partial charge in [-0.15, -0.1) is 35.7 Å². The molecule has 0 aliphatic heterocycles. The average molecular weight is 247 g/mol. The van der Waals surface area contributed by atoms with Crippen LogP contribution in [0.1, 0.15) is 0 Å². The number of halogens is 1. The first-order valence-electron chi connectivity index (χ1n) is 3.66. The van der Waals surface area contributed by atoms with Gasteiger partial charge in [-0.2, -0.15) is 0 Å². The van der Waals surface area contributed by atoms with Crippen LogP contribution in [-0.2, 0) is 0 Å². The minimum Gasteiger partial charge on any atom is -0.142 e. The quantitative estimate of drug-likeness (QED) is 0.568. The maximum atomic E-state index is 6.03. The Hall–Kier alpha value is 0.170. The van der Waals surface area contributed by atoms with E-state index >= 15 is 0 Å². The summed E-state index contributed by atoms with van der Waals surface area (Å²) >= 11 is 13.8. The highest BCUT2D eigenvalue weighted by Gasteiger charge is 2.08. The summed E-state index contributed by atoms with van der Waals surface area (Å²) in [5, 5.41) is 3.94. The second-order valence-electron chi connectivity index (χ2n) is 2.58. The number of hydrogen-bond donors (Lipinski definition) is 1. The van der Waals surface area contributed by atoms with Crippen LogP contribution in [0.4, 0.5) is 0 Å². The molecule has 0 N–H and O–H groups in total. The second kappa shape index (κ2) is 3.73. The Morgan fingerprint density at radius 3 is 2.92 bits per heavy atom. The summed E-state index contributed by atoms with van der Waals surface area (Å²) in [6.45, 7) is 0. The molecule has 0 nitrogen and oxygen atoms in total. The number of benzene rings is 1. The van der Waals surface area contributed by atoms with Gasteiger partial charge < -0.3 is 0 Å². The Kier molecular flexibility index (Phi) is 2.79. The van der Waals surface area contributed by atoms with Gasteiger partial charge >= 0.3 is 0 Å². The zero-order valence-electron chi connectivity index (χ0n) is 6.87. The maximum absolute atomic E-state index is 6.03. The molecule has 0 fully saturated rings. The molecule has 2 rings (SSSR count). The highest BCUT2D eigenvalue weighted by molar-refractivity contribution is 7.99. The van der Waals surface area contributed by atoms with E-state index in [1.54, 1.807) is 23.1 Å².